The van der Waals surface area contributed by atoms with E-state index in [1.165, 1.54) is 0 Å². The van der Waals surface area contributed by atoms with E-state index < -0.39 is 0 Å². The second kappa shape index (κ2) is 18.2. The van der Waals surface area contributed by atoms with E-state index in [2.05, 4.69) is 10.3 Å². The van der Waals surface area contributed by atoms with Crippen molar-refractivity contribution in [2.24, 2.45) is 7.05 Å². The Morgan fingerprint density at radius 2 is 1.67 bits per heavy atom. The minimum Gasteiger partial charge on any atom is -0.300 e. The van der Waals surface area contributed by atoms with Crippen molar-refractivity contribution in [2.45, 2.75) is 67.7 Å². The number of hydrogen-bond donors (Lipinski definition) is 0. The second-order valence-electron chi connectivity index (χ2n) is 2.94. The summed E-state index contributed by atoms with van der Waals surface area (Å²) < 4.78 is 1.67. The monoisotopic (exact) mass is 257 g/mol. The van der Waals surface area contributed by atoms with Gasteiger partial charge >= 0.3 is 0 Å². The van der Waals surface area contributed by atoms with Gasteiger partial charge in [0.15, 0.2) is 0 Å². The molecule has 0 spiro atoms. The lowest BCUT2D eigenvalue weighted by Gasteiger charge is -1.92. The van der Waals surface area contributed by atoms with Crippen LogP contribution in [-0.4, -0.2) is 20.8 Å². The maximum Gasteiger partial charge on any atom is 0.129 e. The van der Waals surface area contributed by atoms with Gasteiger partial charge in [0.05, 0.1) is 5.69 Å². The van der Waals surface area contributed by atoms with Gasteiger partial charge in [-0.25, -0.2) is 0 Å². The third-order valence-corrected chi connectivity index (χ3v) is 1.61. The van der Waals surface area contributed by atoms with Crippen LogP contribution in [0.4, 0.5) is 0 Å². The summed E-state index contributed by atoms with van der Waals surface area (Å²) in [6.45, 7) is 13.6. The highest BCUT2D eigenvalue weighted by Gasteiger charge is 1.99. The van der Waals surface area contributed by atoms with Crippen LogP contribution in [0.1, 0.15) is 67.0 Å². The lowest BCUT2D eigenvalue weighted by atomic mass is 10.1. The summed E-state index contributed by atoms with van der Waals surface area (Å²) in [7, 11) is 1.83. The number of Topliss-reactive ketones (excluding diaryl/α,β-unsaturated/α-hetero) is 1. The molecule has 1 aromatic rings. The number of carbonyl (C=O) groups is 1. The van der Waals surface area contributed by atoms with Crippen molar-refractivity contribution in [2.75, 3.05) is 0 Å². The Morgan fingerprint density at radius 3 is 2.00 bits per heavy atom. The molecule has 0 N–H and O–H groups in total. The fraction of sp³-hybridized carbons (Fsp3) is 0.786. The van der Waals surface area contributed by atoms with Crippen LogP contribution in [0.3, 0.4) is 0 Å². The molecule has 0 bridgehead atoms. The summed E-state index contributed by atoms with van der Waals surface area (Å²) in [5.74, 6) is 0.235. The smallest absolute Gasteiger partial charge is 0.129 e. The SMILES string of the molecule is CC.CC.CC.CC(=O)CCCc1cn(C)nn1. The second-order valence-corrected chi connectivity index (χ2v) is 2.94. The maximum absolute atomic E-state index is 10.6. The van der Waals surface area contributed by atoms with Crippen molar-refractivity contribution in [1.29, 1.82) is 0 Å². The predicted molar refractivity (Wildman–Crippen MR) is 78.7 cm³/mol. The number of carbonyl (C=O) groups excluding carboxylic acids is 1. The molecule has 0 radical (unpaired) electrons. The first-order chi connectivity index (χ1) is 8.68. The fourth-order valence-corrected chi connectivity index (χ4v) is 1.03. The van der Waals surface area contributed by atoms with E-state index >= 15 is 0 Å². The Morgan fingerprint density at radius 1 is 1.17 bits per heavy atom. The highest BCUT2D eigenvalue weighted by molar-refractivity contribution is 5.75. The zero-order valence-electron chi connectivity index (χ0n) is 13.4. The van der Waals surface area contributed by atoms with Crippen LogP contribution in [0.2, 0.25) is 0 Å². The highest BCUT2D eigenvalue weighted by atomic mass is 16.1. The molecule has 0 atom stereocenters. The van der Waals surface area contributed by atoms with Gasteiger partial charge in [0, 0.05) is 19.7 Å². The predicted octanol–water partition coefficient (Wildman–Crippen LogP) is 3.81. The standard InChI is InChI=1S/C8H13N3O.3C2H6/c1-7(12)4-3-5-8-6-11(2)10-9-8;3*1-2/h6H,3-5H2,1-2H3;3*1-2H3. The Kier molecular flexibility index (Phi) is 22.3. The van der Waals surface area contributed by atoms with E-state index in [-0.39, 0.29) is 5.78 Å². The molecule has 4 heteroatoms. The Balaban J connectivity index is -0.000000328. The number of aryl methyl sites for hydroxylation is 2. The van der Waals surface area contributed by atoms with Gasteiger partial charge in [-0.3, -0.25) is 4.68 Å². The fourth-order valence-electron chi connectivity index (χ4n) is 1.03. The molecule has 0 aliphatic heterocycles. The first kappa shape index (κ1) is 22.0. The Bertz CT molecular complexity index is 270. The normalized spacial score (nSPS) is 7.78. The molecule has 0 unspecified atom stereocenters. The van der Waals surface area contributed by atoms with Gasteiger partial charge in [-0.05, 0) is 19.8 Å². The topological polar surface area (TPSA) is 47.8 Å². The summed E-state index contributed by atoms with van der Waals surface area (Å²) in [4.78, 5) is 10.6. The zero-order valence-corrected chi connectivity index (χ0v) is 13.4. The number of aromatic nitrogens is 3. The van der Waals surface area contributed by atoms with Gasteiger partial charge < -0.3 is 4.79 Å². The molecular weight excluding hydrogens is 226 g/mol. The van der Waals surface area contributed by atoms with E-state index in [9.17, 15) is 4.79 Å². The Labute approximate surface area is 113 Å². The minimum absolute atomic E-state index is 0.235. The van der Waals surface area contributed by atoms with E-state index in [0.717, 1.165) is 18.5 Å². The van der Waals surface area contributed by atoms with Crippen LogP contribution < -0.4 is 0 Å². The molecule has 1 heterocycles. The molecule has 108 valence electrons. The maximum atomic E-state index is 10.6. The number of ketones is 1. The van der Waals surface area contributed by atoms with E-state index in [0.29, 0.717) is 6.42 Å². The summed E-state index contributed by atoms with van der Waals surface area (Å²) in [5, 5.41) is 7.71. The highest BCUT2D eigenvalue weighted by Crippen LogP contribution is 2.00. The molecule has 0 aliphatic carbocycles. The molecule has 0 aromatic carbocycles. The first-order valence-electron chi connectivity index (χ1n) is 7.03. The quantitative estimate of drug-likeness (QED) is 0.824. The number of hydrogen-bond acceptors (Lipinski definition) is 3. The van der Waals surface area contributed by atoms with E-state index in [4.69, 9.17) is 0 Å². The van der Waals surface area contributed by atoms with Gasteiger partial charge in [-0.1, -0.05) is 46.8 Å². The zero-order chi connectivity index (χ0) is 15.0. The van der Waals surface area contributed by atoms with Crippen LogP contribution in [0.15, 0.2) is 6.20 Å². The van der Waals surface area contributed by atoms with Gasteiger partial charge in [0.25, 0.3) is 0 Å². The largest absolute Gasteiger partial charge is 0.300 e. The summed E-state index contributed by atoms with van der Waals surface area (Å²) in [5.41, 5.74) is 0.957. The van der Waals surface area contributed by atoms with Crippen LogP contribution in [-0.2, 0) is 18.3 Å². The molecule has 1 aromatic heterocycles. The third-order valence-electron chi connectivity index (χ3n) is 1.61. The van der Waals surface area contributed by atoms with Gasteiger partial charge in [-0.2, -0.15) is 0 Å². The molecule has 0 fully saturated rings. The molecule has 18 heavy (non-hydrogen) atoms. The first-order valence-corrected chi connectivity index (χ1v) is 7.03. The van der Waals surface area contributed by atoms with Crippen LogP contribution in [0, 0.1) is 0 Å². The van der Waals surface area contributed by atoms with Crippen LogP contribution >= 0.6 is 0 Å². The van der Waals surface area contributed by atoms with E-state index in [1.807, 2.05) is 54.8 Å². The molecular formula is C14H31N3O. The minimum atomic E-state index is 0.235. The molecule has 1 rings (SSSR count). The van der Waals surface area contributed by atoms with Crippen molar-refractivity contribution in [3.63, 3.8) is 0 Å². The number of rotatable bonds is 4. The molecule has 0 saturated carbocycles. The van der Waals surface area contributed by atoms with Crippen LogP contribution in [0.5, 0.6) is 0 Å². The lowest BCUT2D eigenvalue weighted by Crippen LogP contribution is -1.92. The number of nitrogens with zero attached hydrogens (tertiary/aromatic N) is 3. The summed E-state index contributed by atoms with van der Waals surface area (Å²) >= 11 is 0. The average molecular weight is 257 g/mol. The van der Waals surface area contributed by atoms with Gasteiger partial charge in [0.1, 0.15) is 5.78 Å². The lowest BCUT2D eigenvalue weighted by molar-refractivity contribution is -0.117. The van der Waals surface area contributed by atoms with Gasteiger partial charge in [-0.15, -0.1) is 5.10 Å². The third kappa shape index (κ3) is 14.8. The van der Waals surface area contributed by atoms with Crippen molar-refractivity contribution < 1.29 is 4.79 Å². The Hall–Kier alpha value is -1.19. The van der Waals surface area contributed by atoms with Crippen molar-refractivity contribution >= 4 is 5.78 Å². The van der Waals surface area contributed by atoms with Crippen molar-refractivity contribution in [1.82, 2.24) is 15.0 Å². The van der Waals surface area contributed by atoms with Crippen LogP contribution in [0.25, 0.3) is 0 Å². The van der Waals surface area contributed by atoms with Gasteiger partial charge in [0.2, 0.25) is 0 Å². The average Bonchev–Trinajstić information content (AvgIpc) is 2.82. The van der Waals surface area contributed by atoms with Crippen molar-refractivity contribution in [3.05, 3.63) is 11.9 Å². The molecule has 4 nitrogen and oxygen atoms in total. The molecule has 0 aliphatic rings. The summed E-state index contributed by atoms with van der Waals surface area (Å²) in [6.07, 6.45) is 4.22. The molecule has 0 saturated heterocycles. The van der Waals surface area contributed by atoms with E-state index in [1.54, 1.807) is 11.6 Å². The molecule has 0 amide bonds. The van der Waals surface area contributed by atoms with Crippen molar-refractivity contribution in [3.8, 4) is 0 Å². The summed E-state index contributed by atoms with van der Waals surface area (Å²) in [6, 6.07) is 0.